The largest absolute Gasteiger partial charge is 0.486 e. The van der Waals surface area contributed by atoms with E-state index in [0.717, 1.165) is 0 Å². The first-order chi connectivity index (χ1) is 11.5. The number of esters is 1. The number of primary amides is 1. The number of hydrogen-bond acceptors (Lipinski definition) is 5. The lowest BCUT2D eigenvalue weighted by molar-refractivity contribution is 0.0471. The summed E-state index contributed by atoms with van der Waals surface area (Å²) in [6.45, 7) is 0.925. The Labute approximate surface area is 143 Å². The summed E-state index contributed by atoms with van der Waals surface area (Å²) in [5, 5.41) is 0.407. The van der Waals surface area contributed by atoms with E-state index in [1.807, 2.05) is 0 Å². The fraction of sp³-hybridized carbons (Fsp3) is 0.176. The molecule has 7 heteroatoms. The molecular weight excluding hydrogens is 334 g/mol. The molecular formula is C17H14ClNO5. The summed E-state index contributed by atoms with van der Waals surface area (Å²) >= 11 is 6.14. The molecule has 0 bridgehead atoms. The second kappa shape index (κ2) is 6.80. The molecule has 1 aliphatic rings. The predicted molar refractivity (Wildman–Crippen MR) is 86.5 cm³/mol. The Kier molecular flexibility index (Phi) is 4.57. The Morgan fingerprint density at radius 3 is 2.46 bits per heavy atom. The monoisotopic (exact) mass is 347 g/mol. The van der Waals surface area contributed by atoms with Gasteiger partial charge in [-0.05, 0) is 42.0 Å². The van der Waals surface area contributed by atoms with Crippen LogP contribution in [0.2, 0.25) is 5.02 Å². The van der Waals surface area contributed by atoms with Crippen LogP contribution in [0.1, 0.15) is 26.3 Å². The van der Waals surface area contributed by atoms with Gasteiger partial charge in [0, 0.05) is 5.56 Å². The fourth-order valence-electron chi connectivity index (χ4n) is 2.25. The quantitative estimate of drug-likeness (QED) is 0.859. The van der Waals surface area contributed by atoms with Gasteiger partial charge in [0.05, 0.1) is 10.6 Å². The van der Waals surface area contributed by atoms with Crippen molar-refractivity contribution in [1.29, 1.82) is 0 Å². The lowest BCUT2D eigenvalue weighted by Crippen LogP contribution is -2.16. The Morgan fingerprint density at radius 1 is 1.08 bits per heavy atom. The summed E-state index contributed by atoms with van der Waals surface area (Å²) in [5.74, 6) is -0.0384. The summed E-state index contributed by atoms with van der Waals surface area (Å²) < 4.78 is 16.2. The third-order valence-corrected chi connectivity index (χ3v) is 3.71. The van der Waals surface area contributed by atoms with Crippen molar-refractivity contribution in [1.82, 2.24) is 0 Å². The number of amides is 1. The van der Waals surface area contributed by atoms with Crippen LogP contribution in [0, 0.1) is 0 Å². The summed E-state index contributed by atoms with van der Waals surface area (Å²) in [6, 6.07) is 9.31. The third-order valence-electron chi connectivity index (χ3n) is 3.43. The average molecular weight is 348 g/mol. The van der Waals surface area contributed by atoms with Crippen molar-refractivity contribution in [3.63, 3.8) is 0 Å². The molecule has 0 aliphatic carbocycles. The van der Waals surface area contributed by atoms with E-state index in [2.05, 4.69) is 0 Å². The van der Waals surface area contributed by atoms with Gasteiger partial charge in [0.1, 0.15) is 19.8 Å². The van der Waals surface area contributed by atoms with E-state index in [1.165, 1.54) is 24.3 Å². The highest BCUT2D eigenvalue weighted by molar-refractivity contribution is 6.32. The highest BCUT2D eigenvalue weighted by Crippen LogP contribution is 2.38. The van der Waals surface area contributed by atoms with E-state index < -0.39 is 11.9 Å². The maximum Gasteiger partial charge on any atom is 0.338 e. The van der Waals surface area contributed by atoms with Gasteiger partial charge in [-0.1, -0.05) is 11.6 Å². The molecule has 1 amide bonds. The summed E-state index contributed by atoms with van der Waals surface area (Å²) in [7, 11) is 0. The van der Waals surface area contributed by atoms with Crippen molar-refractivity contribution >= 4 is 23.5 Å². The van der Waals surface area contributed by atoms with Crippen LogP contribution in [0.4, 0.5) is 0 Å². The Morgan fingerprint density at radius 2 is 1.75 bits per heavy atom. The van der Waals surface area contributed by atoms with Gasteiger partial charge in [0.15, 0.2) is 11.5 Å². The van der Waals surface area contributed by atoms with Crippen molar-refractivity contribution < 1.29 is 23.8 Å². The lowest BCUT2D eigenvalue weighted by atomic mass is 10.1. The van der Waals surface area contributed by atoms with Crippen LogP contribution >= 0.6 is 11.6 Å². The van der Waals surface area contributed by atoms with Crippen LogP contribution in [0.5, 0.6) is 11.5 Å². The van der Waals surface area contributed by atoms with Crippen molar-refractivity contribution in [2.24, 2.45) is 5.73 Å². The molecule has 3 rings (SSSR count). The zero-order chi connectivity index (χ0) is 17.1. The number of benzene rings is 2. The molecule has 1 heterocycles. The minimum absolute atomic E-state index is 0.0345. The third kappa shape index (κ3) is 3.44. The van der Waals surface area contributed by atoms with Crippen LogP contribution < -0.4 is 15.2 Å². The lowest BCUT2D eigenvalue weighted by Gasteiger charge is -2.20. The number of rotatable bonds is 4. The van der Waals surface area contributed by atoms with Crippen LogP contribution in [-0.2, 0) is 11.3 Å². The molecule has 2 N–H and O–H groups in total. The van der Waals surface area contributed by atoms with Gasteiger partial charge < -0.3 is 19.9 Å². The molecule has 0 saturated heterocycles. The van der Waals surface area contributed by atoms with Crippen LogP contribution in [0.15, 0.2) is 36.4 Å². The molecule has 0 atom stereocenters. The first-order valence-electron chi connectivity index (χ1n) is 7.19. The van der Waals surface area contributed by atoms with Crippen molar-refractivity contribution in [3.8, 4) is 11.5 Å². The number of carbonyl (C=O) groups excluding carboxylic acids is 2. The normalized spacial score (nSPS) is 12.5. The number of halogens is 1. The minimum Gasteiger partial charge on any atom is -0.486 e. The highest BCUT2D eigenvalue weighted by Gasteiger charge is 2.17. The summed E-state index contributed by atoms with van der Waals surface area (Å²) in [6.07, 6.45) is 0. The zero-order valence-corrected chi connectivity index (χ0v) is 13.3. The SMILES string of the molecule is NC(=O)c1ccc(C(=O)OCc2cc(Cl)c3c(c2)OCCO3)cc1. The Bertz CT molecular complexity index is 788. The summed E-state index contributed by atoms with van der Waals surface area (Å²) in [5.41, 5.74) is 6.49. The molecule has 0 spiro atoms. The van der Waals surface area contributed by atoms with E-state index >= 15 is 0 Å². The van der Waals surface area contributed by atoms with Gasteiger partial charge >= 0.3 is 5.97 Å². The number of carbonyl (C=O) groups is 2. The second-order valence-corrected chi connectivity index (χ2v) is 5.53. The van der Waals surface area contributed by atoms with Gasteiger partial charge in [-0.3, -0.25) is 4.79 Å². The zero-order valence-electron chi connectivity index (χ0n) is 12.6. The smallest absolute Gasteiger partial charge is 0.338 e. The molecule has 0 unspecified atom stereocenters. The van der Waals surface area contributed by atoms with Gasteiger partial charge in [-0.25, -0.2) is 4.79 Å². The van der Waals surface area contributed by atoms with Crippen LogP contribution in [-0.4, -0.2) is 25.1 Å². The standard InChI is InChI=1S/C17H14ClNO5/c18-13-7-10(8-14-15(13)23-6-5-22-14)9-24-17(21)12-3-1-11(2-4-12)16(19)20/h1-4,7-8H,5-6,9H2,(H2,19,20). The molecule has 6 nitrogen and oxygen atoms in total. The maximum absolute atomic E-state index is 12.0. The van der Waals surface area contributed by atoms with Crippen molar-refractivity contribution in [2.75, 3.05) is 13.2 Å². The molecule has 1 aliphatic heterocycles. The van der Waals surface area contributed by atoms with E-state index in [0.29, 0.717) is 46.4 Å². The van der Waals surface area contributed by atoms with Crippen molar-refractivity contribution in [2.45, 2.75) is 6.61 Å². The first kappa shape index (κ1) is 16.1. The molecule has 0 aromatic heterocycles. The number of nitrogens with two attached hydrogens (primary N) is 1. The van der Waals surface area contributed by atoms with E-state index in [-0.39, 0.29) is 6.61 Å². The van der Waals surface area contributed by atoms with E-state index in [4.69, 9.17) is 31.5 Å². The number of ether oxygens (including phenoxy) is 3. The Hall–Kier alpha value is -2.73. The molecule has 24 heavy (non-hydrogen) atoms. The molecule has 124 valence electrons. The van der Waals surface area contributed by atoms with E-state index in [1.54, 1.807) is 12.1 Å². The molecule has 2 aromatic rings. The molecule has 0 radical (unpaired) electrons. The minimum atomic E-state index is -0.555. The number of fused-ring (bicyclic) bond motifs is 1. The van der Waals surface area contributed by atoms with Gasteiger partial charge in [0.25, 0.3) is 0 Å². The molecule has 2 aromatic carbocycles. The fourth-order valence-corrected chi connectivity index (χ4v) is 2.54. The van der Waals surface area contributed by atoms with Crippen LogP contribution in [0.3, 0.4) is 0 Å². The highest BCUT2D eigenvalue weighted by atomic mass is 35.5. The Balaban J connectivity index is 1.68. The summed E-state index contributed by atoms with van der Waals surface area (Å²) in [4.78, 5) is 23.1. The average Bonchev–Trinajstić information content (AvgIpc) is 2.60. The predicted octanol–water partition coefficient (Wildman–Crippen LogP) is 2.57. The number of hydrogen-bond donors (Lipinski definition) is 1. The van der Waals surface area contributed by atoms with Gasteiger partial charge in [-0.2, -0.15) is 0 Å². The van der Waals surface area contributed by atoms with Crippen LogP contribution in [0.25, 0.3) is 0 Å². The van der Waals surface area contributed by atoms with Gasteiger partial charge in [-0.15, -0.1) is 0 Å². The van der Waals surface area contributed by atoms with Gasteiger partial charge in [0.2, 0.25) is 5.91 Å². The van der Waals surface area contributed by atoms with E-state index in [9.17, 15) is 9.59 Å². The first-order valence-corrected chi connectivity index (χ1v) is 7.57. The molecule has 0 fully saturated rings. The molecule has 0 saturated carbocycles. The maximum atomic E-state index is 12.0. The topological polar surface area (TPSA) is 87.9 Å². The second-order valence-electron chi connectivity index (χ2n) is 5.12. The van der Waals surface area contributed by atoms with Crippen molar-refractivity contribution in [3.05, 3.63) is 58.1 Å².